The number of nitrogens with zero attached hydrogens (tertiary/aromatic N) is 3. The minimum Gasteiger partial charge on any atom is -0.394 e. The number of aliphatic hydroxyl groups excluding tert-OH is 1. The Morgan fingerprint density at radius 1 is 1.28 bits per heavy atom. The Kier molecular flexibility index (Phi) is 5.25. The van der Waals surface area contributed by atoms with Crippen molar-refractivity contribution in [1.29, 1.82) is 0 Å². The maximum Gasteiger partial charge on any atom is 0.274 e. The molecule has 0 unspecified atom stereocenters. The molecule has 0 bridgehead atoms. The van der Waals surface area contributed by atoms with Crippen LogP contribution in [-0.4, -0.2) is 37.6 Å². The van der Waals surface area contributed by atoms with Gasteiger partial charge in [0.25, 0.3) is 5.91 Å². The molecule has 0 saturated carbocycles. The number of hydrogen-bond donors (Lipinski definition) is 3. The molecule has 25 heavy (non-hydrogen) atoms. The second-order valence-corrected chi connectivity index (χ2v) is 5.73. The molecule has 0 spiro atoms. The smallest absolute Gasteiger partial charge is 0.274 e. The van der Waals surface area contributed by atoms with Crippen LogP contribution < -0.4 is 5.32 Å². The molecule has 2 aromatic heterocycles. The van der Waals surface area contributed by atoms with Crippen molar-refractivity contribution in [2.75, 3.05) is 11.9 Å². The predicted octanol–water partition coefficient (Wildman–Crippen LogP) is 2.47. The summed E-state index contributed by atoms with van der Waals surface area (Å²) in [4.78, 5) is 12.2. The Labute approximate surface area is 145 Å². The standard InChI is InChI=1S/C18H21N5O2/c1-2-3-13-4-6-14(7-5-13)16-12-17(23(22-16)10-11-24)20-18(25)15-8-9-19-21-15/h4-9,12,24H,2-3,10-11H2,1H3,(H,19,21)(H,20,25). The largest absolute Gasteiger partial charge is 0.394 e. The molecule has 0 aliphatic heterocycles. The summed E-state index contributed by atoms with van der Waals surface area (Å²) in [6.07, 6.45) is 3.67. The summed E-state index contributed by atoms with van der Waals surface area (Å²) >= 11 is 0. The van der Waals surface area contributed by atoms with Crippen LogP contribution in [0, 0.1) is 0 Å². The molecule has 3 N–H and O–H groups in total. The summed E-state index contributed by atoms with van der Waals surface area (Å²) in [6.45, 7) is 2.38. The summed E-state index contributed by atoms with van der Waals surface area (Å²) in [5.74, 6) is 0.225. The number of rotatable bonds is 7. The Morgan fingerprint density at radius 3 is 2.72 bits per heavy atom. The van der Waals surface area contributed by atoms with Gasteiger partial charge in [0.2, 0.25) is 0 Å². The maximum atomic E-state index is 12.2. The number of aromatic nitrogens is 4. The highest BCUT2D eigenvalue weighted by Crippen LogP contribution is 2.23. The van der Waals surface area contributed by atoms with E-state index in [0.29, 0.717) is 18.1 Å². The van der Waals surface area contributed by atoms with E-state index in [2.05, 4.69) is 39.7 Å². The molecule has 0 saturated heterocycles. The van der Waals surface area contributed by atoms with Crippen molar-refractivity contribution >= 4 is 11.7 Å². The zero-order valence-electron chi connectivity index (χ0n) is 14.1. The Morgan fingerprint density at radius 2 is 2.08 bits per heavy atom. The number of benzene rings is 1. The van der Waals surface area contributed by atoms with E-state index in [4.69, 9.17) is 0 Å². The van der Waals surface area contributed by atoms with Crippen LogP contribution in [0.4, 0.5) is 5.82 Å². The van der Waals surface area contributed by atoms with Crippen molar-refractivity contribution in [3.63, 3.8) is 0 Å². The summed E-state index contributed by atoms with van der Waals surface area (Å²) in [5.41, 5.74) is 3.36. The lowest BCUT2D eigenvalue weighted by Gasteiger charge is -2.06. The second-order valence-electron chi connectivity index (χ2n) is 5.73. The Balaban J connectivity index is 1.84. The monoisotopic (exact) mass is 339 g/mol. The van der Waals surface area contributed by atoms with Crippen LogP contribution in [0.15, 0.2) is 42.6 Å². The minimum atomic E-state index is -0.304. The van der Waals surface area contributed by atoms with Crippen LogP contribution in [-0.2, 0) is 13.0 Å². The van der Waals surface area contributed by atoms with Gasteiger partial charge in [0.05, 0.1) is 18.8 Å². The molecule has 0 atom stereocenters. The van der Waals surface area contributed by atoms with Crippen molar-refractivity contribution in [3.05, 3.63) is 53.9 Å². The average molecular weight is 339 g/mol. The average Bonchev–Trinajstić information content (AvgIpc) is 3.27. The highest BCUT2D eigenvalue weighted by atomic mass is 16.3. The molecule has 1 amide bonds. The number of aromatic amines is 1. The quantitative estimate of drug-likeness (QED) is 0.616. The van der Waals surface area contributed by atoms with Gasteiger partial charge in [-0.2, -0.15) is 10.2 Å². The molecule has 0 aliphatic rings. The number of aliphatic hydroxyl groups is 1. The fraction of sp³-hybridized carbons (Fsp3) is 0.278. The number of H-pyrrole nitrogens is 1. The van der Waals surface area contributed by atoms with E-state index in [0.717, 1.165) is 24.1 Å². The molecular formula is C18H21N5O2. The van der Waals surface area contributed by atoms with Crippen LogP contribution in [0.2, 0.25) is 0 Å². The van der Waals surface area contributed by atoms with Crippen LogP contribution >= 0.6 is 0 Å². The van der Waals surface area contributed by atoms with Crippen LogP contribution in [0.25, 0.3) is 11.3 Å². The highest BCUT2D eigenvalue weighted by molar-refractivity contribution is 6.02. The molecule has 130 valence electrons. The molecule has 3 aromatic rings. The lowest BCUT2D eigenvalue weighted by atomic mass is 10.1. The second kappa shape index (κ2) is 7.76. The molecule has 2 heterocycles. The van der Waals surface area contributed by atoms with Gasteiger partial charge in [0.15, 0.2) is 0 Å². The molecule has 3 rings (SSSR count). The maximum absolute atomic E-state index is 12.2. The van der Waals surface area contributed by atoms with Crippen LogP contribution in [0.3, 0.4) is 0 Å². The highest BCUT2D eigenvalue weighted by Gasteiger charge is 2.14. The van der Waals surface area contributed by atoms with Crippen LogP contribution in [0.5, 0.6) is 0 Å². The number of carbonyl (C=O) groups is 1. The van der Waals surface area contributed by atoms with Crippen molar-refractivity contribution < 1.29 is 9.90 Å². The fourth-order valence-electron chi connectivity index (χ4n) is 2.62. The number of carbonyl (C=O) groups excluding carboxylic acids is 1. The Bertz CT molecular complexity index is 822. The first kappa shape index (κ1) is 16.9. The number of hydrogen-bond acceptors (Lipinski definition) is 4. The predicted molar refractivity (Wildman–Crippen MR) is 95.3 cm³/mol. The van der Waals surface area contributed by atoms with Crippen LogP contribution in [0.1, 0.15) is 29.4 Å². The molecule has 0 aliphatic carbocycles. The van der Waals surface area contributed by atoms with Gasteiger partial charge >= 0.3 is 0 Å². The molecule has 1 aromatic carbocycles. The summed E-state index contributed by atoms with van der Waals surface area (Å²) in [5, 5.41) is 22.9. The van der Waals surface area contributed by atoms with Gasteiger partial charge in [-0.15, -0.1) is 0 Å². The molecule has 7 nitrogen and oxygen atoms in total. The molecule has 7 heteroatoms. The first-order chi connectivity index (χ1) is 12.2. The third-order valence-electron chi connectivity index (χ3n) is 3.87. The van der Waals surface area contributed by atoms with Gasteiger partial charge in [-0.1, -0.05) is 37.6 Å². The third kappa shape index (κ3) is 3.95. The van der Waals surface area contributed by atoms with E-state index in [1.807, 2.05) is 12.1 Å². The summed E-state index contributed by atoms with van der Waals surface area (Å²) in [6, 6.07) is 11.6. The zero-order chi connectivity index (χ0) is 17.6. The number of aryl methyl sites for hydroxylation is 1. The van der Waals surface area contributed by atoms with Crippen molar-refractivity contribution in [3.8, 4) is 11.3 Å². The molecule has 0 radical (unpaired) electrons. The molecular weight excluding hydrogens is 318 g/mol. The first-order valence-electron chi connectivity index (χ1n) is 8.30. The van der Waals surface area contributed by atoms with Gasteiger partial charge < -0.3 is 10.4 Å². The fourth-order valence-corrected chi connectivity index (χ4v) is 2.62. The first-order valence-corrected chi connectivity index (χ1v) is 8.30. The lowest BCUT2D eigenvalue weighted by Crippen LogP contribution is -2.17. The summed E-state index contributed by atoms with van der Waals surface area (Å²) < 4.78 is 1.59. The SMILES string of the molecule is CCCc1ccc(-c2cc(NC(=O)c3ccn[nH]3)n(CCO)n2)cc1. The Hall–Kier alpha value is -2.93. The van der Waals surface area contributed by atoms with Crippen molar-refractivity contribution in [2.24, 2.45) is 0 Å². The topological polar surface area (TPSA) is 95.8 Å². The van der Waals surface area contributed by atoms with Crippen molar-refractivity contribution in [2.45, 2.75) is 26.3 Å². The van der Waals surface area contributed by atoms with Gasteiger partial charge in [-0.25, -0.2) is 4.68 Å². The van der Waals surface area contributed by atoms with E-state index < -0.39 is 0 Å². The number of nitrogens with one attached hydrogen (secondary N) is 2. The van der Waals surface area contributed by atoms with Gasteiger partial charge in [-0.3, -0.25) is 9.89 Å². The van der Waals surface area contributed by atoms with E-state index in [1.54, 1.807) is 16.8 Å². The van der Waals surface area contributed by atoms with E-state index in [1.165, 1.54) is 11.8 Å². The van der Waals surface area contributed by atoms with Gasteiger partial charge in [-0.05, 0) is 18.1 Å². The van der Waals surface area contributed by atoms with E-state index >= 15 is 0 Å². The number of amides is 1. The van der Waals surface area contributed by atoms with E-state index in [9.17, 15) is 9.90 Å². The minimum absolute atomic E-state index is 0.0660. The van der Waals surface area contributed by atoms with Crippen molar-refractivity contribution in [1.82, 2.24) is 20.0 Å². The number of anilines is 1. The summed E-state index contributed by atoms with van der Waals surface area (Å²) in [7, 11) is 0. The van der Waals surface area contributed by atoms with Gasteiger partial charge in [0, 0.05) is 17.8 Å². The lowest BCUT2D eigenvalue weighted by molar-refractivity contribution is 0.102. The zero-order valence-corrected chi connectivity index (χ0v) is 14.1. The molecule has 0 fully saturated rings. The third-order valence-corrected chi connectivity index (χ3v) is 3.87. The van der Waals surface area contributed by atoms with E-state index in [-0.39, 0.29) is 12.5 Å². The normalized spacial score (nSPS) is 10.8. The van der Waals surface area contributed by atoms with Gasteiger partial charge in [0.1, 0.15) is 11.5 Å².